The minimum absolute atomic E-state index is 0.211. The van der Waals surface area contributed by atoms with E-state index in [9.17, 15) is 13.2 Å². The zero-order valence-corrected chi connectivity index (χ0v) is 18.0. The molecule has 160 valence electrons. The molecule has 0 aliphatic heterocycles. The maximum Gasteiger partial charge on any atom is 0.416 e. The van der Waals surface area contributed by atoms with Crippen LogP contribution in [-0.4, -0.2) is 24.9 Å². The van der Waals surface area contributed by atoms with Crippen molar-refractivity contribution in [3.05, 3.63) is 70.5 Å². The molecular formula is C21H13BrF3N7. The third kappa shape index (κ3) is 4.22. The zero-order chi connectivity index (χ0) is 22.9. The number of nitrogens with zero attached hydrogens (tertiary/aromatic N) is 6. The third-order valence-electron chi connectivity index (χ3n) is 4.64. The van der Waals surface area contributed by atoms with E-state index < -0.39 is 17.8 Å². The Morgan fingerprint density at radius 1 is 1.06 bits per heavy atom. The molecule has 1 N–H and O–H groups in total. The van der Waals surface area contributed by atoms with Crippen molar-refractivity contribution in [3.8, 4) is 17.5 Å². The maximum absolute atomic E-state index is 13.3. The summed E-state index contributed by atoms with van der Waals surface area (Å²) in [7, 11) is 0. The Labute approximate surface area is 188 Å². The number of aromatic nitrogens is 5. The van der Waals surface area contributed by atoms with Gasteiger partial charge >= 0.3 is 6.18 Å². The first kappa shape index (κ1) is 21.6. The average molecular weight is 500 g/mol. The van der Waals surface area contributed by atoms with Gasteiger partial charge in [-0.25, -0.2) is 9.97 Å². The highest BCUT2D eigenvalue weighted by molar-refractivity contribution is 9.10. The lowest BCUT2D eigenvalue weighted by Crippen LogP contribution is -2.13. The van der Waals surface area contributed by atoms with Gasteiger partial charge in [0, 0.05) is 28.4 Å². The molecule has 1 unspecified atom stereocenters. The highest BCUT2D eigenvalue weighted by Gasteiger charge is 2.32. The fraction of sp³-hybridized carbons (Fsp3) is 0.143. The zero-order valence-electron chi connectivity index (χ0n) is 16.4. The molecule has 1 aromatic carbocycles. The Bertz CT molecular complexity index is 1330. The third-order valence-corrected chi connectivity index (χ3v) is 5.25. The molecule has 0 fully saturated rings. The van der Waals surface area contributed by atoms with Gasteiger partial charge in [-0.2, -0.15) is 18.4 Å². The predicted octanol–water partition coefficient (Wildman–Crippen LogP) is 5.31. The van der Waals surface area contributed by atoms with Gasteiger partial charge in [-0.1, -0.05) is 0 Å². The first-order chi connectivity index (χ1) is 15.3. The van der Waals surface area contributed by atoms with E-state index in [0.29, 0.717) is 28.2 Å². The van der Waals surface area contributed by atoms with Crippen molar-refractivity contribution in [3.63, 3.8) is 0 Å². The Morgan fingerprint density at radius 2 is 1.84 bits per heavy atom. The van der Waals surface area contributed by atoms with Crippen LogP contribution >= 0.6 is 15.9 Å². The first-order valence-corrected chi connectivity index (χ1v) is 10.0. The Kier molecular flexibility index (Phi) is 5.71. The van der Waals surface area contributed by atoms with Gasteiger partial charge in [0.2, 0.25) is 0 Å². The molecule has 11 heteroatoms. The number of nitrogens with one attached hydrogen (secondary N) is 1. The van der Waals surface area contributed by atoms with E-state index in [1.54, 1.807) is 19.1 Å². The molecule has 0 radical (unpaired) electrons. The van der Waals surface area contributed by atoms with Crippen molar-refractivity contribution >= 4 is 32.7 Å². The molecule has 3 aromatic heterocycles. The molecule has 32 heavy (non-hydrogen) atoms. The van der Waals surface area contributed by atoms with Gasteiger partial charge in [0.15, 0.2) is 0 Å². The molecule has 1 atom stereocenters. The SMILES string of the molecule is CC(Nc1ncnc2c(Br)cc(C(F)(F)F)cc12)c1nccnc1-c1ccc(C#N)cn1. The van der Waals surface area contributed by atoms with Crippen LogP contribution in [0.3, 0.4) is 0 Å². The van der Waals surface area contributed by atoms with Crippen LogP contribution in [0.2, 0.25) is 0 Å². The largest absolute Gasteiger partial charge is 0.416 e. The summed E-state index contributed by atoms with van der Waals surface area (Å²) in [4.78, 5) is 21.2. The van der Waals surface area contributed by atoms with Crippen LogP contribution in [0.4, 0.5) is 19.0 Å². The molecule has 7 nitrogen and oxygen atoms in total. The van der Waals surface area contributed by atoms with Gasteiger partial charge in [0.25, 0.3) is 0 Å². The Hall–Kier alpha value is -3.65. The van der Waals surface area contributed by atoms with E-state index >= 15 is 0 Å². The van der Waals surface area contributed by atoms with Crippen molar-refractivity contribution in [2.45, 2.75) is 19.1 Å². The fourth-order valence-corrected chi connectivity index (χ4v) is 3.70. The molecule has 0 saturated heterocycles. The summed E-state index contributed by atoms with van der Waals surface area (Å²) in [5.41, 5.74) is 1.44. The van der Waals surface area contributed by atoms with Crippen LogP contribution in [0.15, 0.2) is 53.7 Å². The number of fused-ring (bicyclic) bond motifs is 1. The van der Waals surface area contributed by atoms with E-state index in [-0.39, 0.29) is 15.7 Å². The van der Waals surface area contributed by atoms with E-state index in [1.165, 1.54) is 24.9 Å². The van der Waals surface area contributed by atoms with E-state index in [0.717, 1.165) is 12.1 Å². The molecule has 4 aromatic rings. The van der Waals surface area contributed by atoms with Crippen molar-refractivity contribution in [1.82, 2.24) is 24.9 Å². The second-order valence-electron chi connectivity index (χ2n) is 6.77. The number of halogens is 4. The molecule has 0 spiro atoms. The molecule has 4 rings (SSSR count). The molecule has 0 saturated carbocycles. The second kappa shape index (κ2) is 8.47. The van der Waals surface area contributed by atoms with Crippen LogP contribution in [0.25, 0.3) is 22.3 Å². The summed E-state index contributed by atoms with van der Waals surface area (Å²) in [6.45, 7) is 1.79. The van der Waals surface area contributed by atoms with E-state index in [2.05, 4.69) is 46.2 Å². The van der Waals surface area contributed by atoms with Crippen molar-refractivity contribution in [2.75, 3.05) is 5.32 Å². The van der Waals surface area contributed by atoms with Crippen molar-refractivity contribution in [1.29, 1.82) is 5.26 Å². The summed E-state index contributed by atoms with van der Waals surface area (Å²) in [5.74, 6) is 0.221. The summed E-state index contributed by atoms with van der Waals surface area (Å²) in [6.07, 6.45) is 1.21. The molecular weight excluding hydrogens is 487 g/mol. The monoisotopic (exact) mass is 499 g/mol. The van der Waals surface area contributed by atoms with Crippen LogP contribution in [0.5, 0.6) is 0 Å². The minimum Gasteiger partial charge on any atom is -0.361 e. The number of anilines is 1. The smallest absolute Gasteiger partial charge is 0.361 e. The molecule has 3 heterocycles. The maximum atomic E-state index is 13.3. The summed E-state index contributed by atoms with van der Waals surface area (Å²) < 4.78 is 40.2. The fourth-order valence-electron chi connectivity index (χ4n) is 3.14. The lowest BCUT2D eigenvalue weighted by molar-refractivity contribution is -0.137. The van der Waals surface area contributed by atoms with E-state index in [1.807, 2.05) is 6.07 Å². The topological polar surface area (TPSA) is 100 Å². The van der Waals surface area contributed by atoms with Gasteiger partial charge in [0.05, 0.1) is 34.1 Å². The number of pyridine rings is 1. The second-order valence-corrected chi connectivity index (χ2v) is 7.63. The highest BCUT2D eigenvalue weighted by atomic mass is 79.9. The first-order valence-electron chi connectivity index (χ1n) is 9.23. The number of nitriles is 1. The molecule has 0 bridgehead atoms. The number of benzene rings is 1. The van der Waals surface area contributed by atoms with Gasteiger partial charge in [-0.15, -0.1) is 0 Å². The van der Waals surface area contributed by atoms with Crippen LogP contribution in [0, 0.1) is 11.3 Å². The summed E-state index contributed by atoms with van der Waals surface area (Å²) >= 11 is 3.17. The van der Waals surface area contributed by atoms with Gasteiger partial charge in [0.1, 0.15) is 23.9 Å². The molecule has 0 aliphatic rings. The standard InChI is InChI=1S/C21H13BrF3N7/c1-11(17-19(28-5-4-27-17)16-3-2-12(8-26)9-29-16)32-20-14-6-13(21(23,24)25)7-15(22)18(14)30-10-31-20/h2-7,9-11H,1H3,(H,30,31,32). The van der Waals surface area contributed by atoms with Crippen molar-refractivity contribution in [2.24, 2.45) is 0 Å². The Morgan fingerprint density at radius 3 is 2.53 bits per heavy atom. The molecule has 0 amide bonds. The van der Waals surface area contributed by atoms with Crippen LogP contribution in [-0.2, 0) is 6.18 Å². The Balaban J connectivity index is 1.75. The normalized spacial score (nSPS) is 12.4. The highest BCUT2D eigenvalue weighted by Crippen LogP contribution is 2.37. The quantitative estimate of drug-likeness (QED) is 0.406. The van der Waals surface area contributed by atoms with Gasteiger partial charge < -0.3 is 5.32 Å². The molecule has 0 aliphatic carbocycles. The lowest BCUT2D eigenvalue weighted by Gasteiger charge is -2.18. The van der Waals surface area contributed by atoms with Gasteiger partial charge in [-0.3, -0.25) is 15.0 Å². The summed E-state index contributed by atoms with van der Waals surface area (Å²) in [6, 6.07) is 6.79. The van der Waals surface area contributed by atoms with Crippen LogP contribution < -0.4 is 5.32 Å². The predicted molar refractivity (Wildman–Crippen MR) is 114 cm³/mol. The number of rotatable bonds is 4. The summed E-state index contributed by atoms with van der Waals surface area (Å²) in [5, 5.41) is 12.3. The lowest BCUT2D eigenvalue weighted by atomic mass is 10.1. The van der Waals surface area contributed by atoms with E-state index in [4.69, 9.17) is 5.26 Å². The number of hydrogen-bond acceptors (Lipinski definition) is 7. The number of alkyl halides is 3. The van der Waals surface area contributed by atoms with Crippen LogP contribution in [0.1, 0.15) is 29.8 Å². The number of hydrogen-bond donors (Lipinski definition) is 1. The van der Waals surface area contributed by atoms with Gasteiger partial charge in [-0.05, 0) is 47.1 Å². The minimum atomic E-state index is -4.52. The average Bonchev–Trinajstić information content (AvgIpc) is 2.79. The van der Waals surface area contributed by atoms with Crippen molar-refractivity contribution < 1.29 is 13.2 Å².